The Bertz CT molecular complexity index is 1060. The summed E-state index contributed by atoms with van der Waals surface area (Å²) >= 11 is 1.75. The fourth-order valence-corrected chi connectivity index (χ4v) is 5.93. The minimum absolute atomic E-state index is 0.0380. The third-order valence-corrected chi connectivity index (χ3v) is 8.14. The normalized spacial score (nSPS) is 16.4. The van der Waals surface area contributed by atoms with Crippen LogP contribution in [0.25, 0.3) is 0 Å². The minimum Gasteiger partial charge on any atom is -0.485 e. The van der Waals surface area contributed by atoms with E-state index in [1.54, 1.807) is 11.3 Å². The molecule has 2 atom stereocenters. The van der Waals surface area contributed by atoms with Crippen molar-refractivity contribution < 1.29 is 9.53 Å². The van der Waals surface area contributed by atoms with Crippen LogP contribution in [-0.2, 0) is 4.79 Å². The first-order chi connectivity index (χ1) is 17.6. The number of amides is 1. The molecule has 0 unspecified atom stereocenters. The Hall–Kier alpha value is -2.67. The maximum Gasteiger partial charge on any atom is 0.226 e. The number of rotatable bonds is 11. The molecule has 1 aliphatic rings. The molecule has 2 heterocycles. The Kier molecular flexibility index (Phi) is 9.56. The van der Waals surface area contributed by atoms with Gasteiger partial charge in [0.25, 0.3) is 0 Å². The summed E-state index contributed by atoms with van der Waals surface area (Å²) in [5.74, 6) is 1.17. The van der Waals surface area contributed by atoms with E-state index in [9.17, 15) is 4.79 Å². The van der Waals surface area contributed by atoms with Gasteiger partial charge in [-0.1, -0.05) is 49.4 Å². The summed E-state index contributed by atoms with van der Waals surface area (Å²) in [6.07, 6.45) is 3.42. The number of nitrogens with one attached hydrogen (secondary N) is 1. The number of thiophene rings is 1. The van der Waals surface area contributed by atoms with E-state index in [0.29, 0.717) is 6.42 Å². The van der Waals surface area contributed by atoms with E-state index in [0.717, 1.165) is 50.3 Å². The predicted octanol–water partition coefficient (Wildman–Crippen LogP) is 6.45. The monoisotopic (exact) mass is 505 g/mol. The molecule has 2 aromatic carbocycles. The number of carbonyl (C=O) groups is 1. The molecule has 0 saturated carbocycles. The molecule has 0 spiro atoms. The van der Waals surface area contributed by atoms with E-state index in [2.05, 4.69) is 58.9 Å². The molecular formula is C30H39N3O2S. The number of anilines is 1. The maximum atomic E-state index is 12.9. The summed E-state index contributed by atoms with van der Waals surface area (Å²) in [4.78, 5) is 18.7. The summed E-state index contributed by atoms with van der Waals surface area (Å²) in [6, 6.07) is 23.3. The van der Waals surface area contributed by atoms with Gasteiger partial charge in [-0.05, 0) is 63.0 Å². The number of hydrogen-bond acceptors (Lipinski definition) is 5. The molecule has 1 N–H and O–H groups in total. The summed E-state index contributed by atoms with van der Waals surface area (Å²) in [5, 5.41) is 5.38. The highest BCUT2D eigenvalue weighted by atomic mass is 32.1. The molecule has 36 heavy (non-hydrogen) atoms. The van der Waals surface area contributed by atoms with Gasteiger partial charge in [-0.3, -0.25) is 9.69 Å². The zero-order valence-corrected chi connectivity index (χ0v) is 22.5. The second-order valence-electron chi connectivity index (χ2n) is 9.45. The first kappa shape index (κ1) is 26.4. The Morgan fingerprint density at radius 3 is 2.47 bits per heavy atom. The van der Waals surface area contributed by atoms with Crippen molar-refractivity contribution in [3.8, 4) is 5.75 Å². The number of hydrogen-bond donors (Lipinski definition) is 1. The van der Waals surface area contributed by atoms with Crippen molar-refractivity contribution in [1.82, 2.24) is 10.2 Å². The summed E-state index contributed by atoms with van der Waals surface area (Å²) in [5.41, 5.74) is 2.24. The van der Waals surface area contributed by atoms with Gasteiger partial charge in [0.1, 0.15) is 11.9 Å². The average Bonchev–Trinajstić information content (AvgIpc) is 3.47. The topological polar surface area (TPSA) is 44.8 Å². The SMILES string of the molecule is CCC(=O)N(c1ccccc1)C1CCN([C@@H](C)c2ccccc2O[C@H](CCNC)c2cccs2)CC1. The molecular weight excluding hydrogens is 466 g/mol. The lowest BCUT2D eigenvalue weighted by Gasteiger charge is -2.41. The number of benzene rings is 2. The molecule has 1 aromatic heterocycles. The summed E-state index contributed by atoms with van der Waals surface area (Å²) in [6.45, 7) is 7.04. The zero-order chi connectivity index (χ0) is 25.3. The number of para-hydroxylation sites is 2. The number of ether oxygens (including phenoxy) is 1. The van der Waals surface area contributed by atoms with Crippen molar-refractivity contribution in [3.63, 3.8) is 0 Å². The van der Waals surface area contributed by atoms with Crippen molar-refractivity contribution >= 4 is 22.9 Å². The van der Waals surface area contributed by atoms with Gasteiger partial charge in [0.05, 0.1) is 0 Å². The summed E-state index contributed by atoms with van der Waals surface area (Å²) < 4.78 is 6.66. The molecule has 5 nitrogen and oxygen atoms in total. The van der Waals surface area contributed by atoms with E-state index in [1.165, 1.54) is 10.4 Å². The standard InChI is InChI=1S/C30H39N3O2S/c1-4-30(34)33(24-11-6-5-7-12-24)25-17-20-32(21-18-25)23(2)26-13-8-9-14-27(26)35-28(16-19-31-3)29-15-10-22-36-29/h5-15,22-23,25,28,31H,4,16-21H2,1-3H3/t23-,28+/m0/s1. The molecule has 1 amide bonds. The highest BCUT2D eigenvalue weighted by Crippen LogP contribution is 2.36. The molecule has 1 saturated heterocycles. The van der Waals surface area contributed by atoms with Crippen molar-refractivity contribution in [2.24, 2.45) is 0 Å². The highest BCUT2D eigenvalue weighted by Gasteiger charge is 2.31. The number of piperidine rings is 1. The molecule has 4 rings (SSSR count). The van der Waals surface area contributed by atoms with E-state index < -0.39 is 0 Å². The van der Waals surface area contributed by atoms with Crippen LogP contribution in [0.2, 0.25) is 0 Å². The third kappa shape index (κ3) is 6.36. The summed E-state index contributed by atoms with van der Waals surface area (Å²) in [7, 11) is 1.98. The van der Waals surface area contributed by atoms with Crippen molar-refractivity contribution in [2.75, 3.05) is 31.6 Å². The zero-order valence-electron chi connectivity index (χ0n) is 21.7. The van der Waals surface area contributed by atoms with Crippen LogP contribution in [0.5, 0.6) is 5.75 Å². The highest BCUT2D eigenvalue weighted by molar-refractivity contribution is 7.10. The number of nitrogens with zero attached hydrogens (tertiary/aromatic N) is 2. The van der Waals surface area contributed by atoms with Gasteiger partial charge in [-0.15, -0.1) is 11.3 Å². The quantitative estimate of drug-likeness (QED) is 0.325. The van der Waals surface area contributed by atoms with Crippen molar-refractivity contribution in [2.45, 2.75) is 57.7 Å². The van der Waals surface area contributed by atoms with Crippen LogP contribution in [0.1, 0.15) is 62.1 Å². The van der Waals surface area contributed by atoms with Crippen LogP contribution >= 0.6 is 11.3 Å². The largest absolute Gasteiger partial charge is 0.485 e. The van der Waals surface area contributed by atoms with Gasteiger partial charge in [0.2, 0.25) is 5.91 Å². The molecule has 192 valence electrons. The maximum absolute atomic E-state index is 12.9. The lowest BCUT2D eigenvalue weighted by Crippen LogP contribution is -2.48. The van der Waals surface area contributed by atoms with Crippen LogP contribution in [0.3, 0.4) is 0 Å². The smallest absolute Gasteiger partial charge is 0.226 e. The van der Waals surface area contributed by atoms with Gasteiger partial charge in [0.15, 0.2) is 0 Å². The first-order valence-corrected chi connectivity index (χ1v) is 14.0. The van der Waals surface area contributed by atoms with E-state index >= 15 is 0 Å². The van der Waals surface area contributed by atoms with Crippen molar-refractivity contribution in [3.05, 3.63) is 82.6 Å². The average molecular weight is 506 g/mol. The first-order valence-electron chi connectivity index (χ1n) is 13.2. The van der Waals surface area contributed by atoms with Crippen LogP contribution in [0.4, 0.5) is 5.69 Å². The van der Waals surface area contributed by atoms with E-state index in [4.69, 9.17) is 4.74 Å². The van der Waals surface area contributed by atoms with Crippen LogP contribution in [0.15, 0.2) is 72.1 Å². The van der Waals surface area contributed by atoms with Gasteiger partial charge in [-0.25, -0.2) is 0 Å². The van der Waals surface area contributed by atoms with E-state index in [1.807, 2.05) is 49.2 Å². The Balaban J connectivity index is 1.46. The Labute approximate surface area is 220 Å². The lowest BCUT2D eigenvalue weighted by molar-refractivity contribution is -0.119. The van der Waals surface area contributed by atoms with Crippen LogP contribution in [0, 0.1) is 0 Å². The molecule has 0 aliphatic carbocycles. The minimum atomic E-state index is 0.0380. The van der Waals surface area contributed by atoms with Crippen molar-refractivity contribution in [1.29, 1.82) is 0 Å². The Morgan fingerprint density at radius 1 is 1.08 bits per heavy atom. The van der Waals surface area contributed by atoms with Gasteiger partial charge in [-0.2, -0.15) is 0 Å². The molecule has 3 aromatic rings. The second-order valence-corrected chi connectivity index (χ2v) is 10.4. The molecule has 6 heteroatoms. The van der Waals surface area contributed by atoms with Gasteiger partial charge >= 0.3 is 0 Å². The third-order valence-electron chi connectivity index (χ3n) is 7.17. The van der Waals surface area contributed by atoms with E-state index in [-0.39, 0.29) is 24.1 Å². The number of carbonyl (C=O) groups excluding carboxylic acids is 1. The van der Waals surface area contributed by atoms with Crippen LogP contribution in [-0.4, -0.2) is 43.5 Å². The molecule has 1 aliphatic heterocycles. The second kappa shape index (κ2) is 13.0. The molecule has 0 bridgehead atoms. The lowest BCUT2D eigenvalue weighted by atomic mass is 9.97. The molecule has 0 radical (unpaired) electrons. The van der Waals surface area contributed by atoms with Gasteiger partial charge < -0.3 is 15.0 Å². The predicted molar refractivity (Wildman–Crippen MR) is 150 cm³/mol. The Morgan fingerprint density at radius 2 is 1.81 bits per heavy atom. The van der Waals surface area contributed by atoms with Gasteiger partial charge in [0, 0.05) is 54.1 Å². The number of likely N-dealkylation sites (tertiary alicyclic amines) is 1. The molecule has 1 fully saturated rings. The fraction of sp³-hybridized carbons (Fsp3) is 0.433. The van der Waals surface area contributed by atoms with Crippen LogP contribution < -0.4 is 15.0 Å². The fourth-order valence-electron chi connectivity index (χ4n) is 5.14.